The standard InChI is InChI=1S/C27H28N2O7/c1-8-13-29-19-12-10-9-11-18(19)26(24(29)30)23(28-27(36-26,16(2)3)25(31)35-7)17-14-20(32-4)22(34-6)21(15-17)33-5/h1,9-12,14-16H,13H2,2-7H3/t26-,27-/m0/s1. The first kappa shape index (κ1) is 25.1. The van der Waals surface area contributed by atoms with Gasteiger partial charge in [-0.3, -0.25) is 9.69 Å². The van der Waals surface area contributed by atoms with E-state index in [1.54, 1.807) is 50.2 Å². The van der Waals surface area contributed by atoms with E-state index in [-0.39, 0.29) is 12.3 Å². The summed E-state index contributed by atoms with van der Waals surface area (Å²) < 4.78 is 28.2. The second-order valence-electron chi connectivity index (χ2n) is 8.61. The number of esters is 1. The number of aliphatic imine (C=N–C) groups is 1. The van der Waals surface area contributed by atoms with Gasteiger partial charge < -0.3 is 23.7 Å². The van der Waals surface area contributed by atoms with E-state index in [1.807, 2.05) is 0 Å². The van der Waals surface area contributed by atoms with E-state index in [9.17, 15) is 9.59 Å². The molecule has 0 fully saturated rings. The maximum Gasteiger partial charge on any atom is 0.361 e. The molecule has 2 aromatic carbocycles. The Labute approximate surface area is 209 Å². The van der Waals surface area contributed by atoms with Crippen LogP contribution in [0.5, 0.6) is 17.2 Å². The number of methoxy groups -OCH3 is 4. The number of fused-ring (bicyclic) bond motifs is 2. The van der Waals surface area contributed by atoms with Crippen LogP contribution in [0.3, 0.4) is 0 Å². The van der Waals surface area contributed by atoms with Crippen LogP contribution in [0, 0.1) is 18.3 Å². The summed E-state index contributed by atoms with van der Waals surface area (Å²) in [6.45, 7) is 3.56. The molecule has 0 aromatic heterocycles. The summed E-state index contributed by atoms with van der Waals surface area (Å²) in [4.78, 5) is 33.7. The lowest BCUT2D eigenvalue weighted by Gasteiger charge is -2.32. The topological polar surface area (TPSA) is 95.9 Å². The summed E-state index contributed by atoms with van der Waals surface area (Å²) in [6, 6.07) is 10.5. The number of ether oxygens (including phenoxy) is 5. The molecular weight excluding hydrogens is 464 g/mol. The predicted octanol–water partition coefficient (Wildman–Crippen LogP) is 2.93. The Balaban J connectivity index is 2.09. The number of rotatable bonds is 7. The average Bonchev–Trinajstić information content (AvgIpc) is 3.38. The fraction of sp³-hybridized carbons (Fsp3) is 0.370. The molecule has 1 spiro atoms. The van der Waals surface area contributed by atoms with Crippen molar-refractivity contribution in [1.29, 1.82) is 0 Å². The minimum Gasteiger partial charge on any atom is -0.493 e. The fourth-order valence-corrected chi connectivity index (χ4v) is 4.75. The highest BCUT2D eigenvalue weighted by Gasteiger charge is 2.67. The van der Waals surface area contributed by atoms with Crippen LogP contribution >= 0.6 is 0 Å². The molecule has 9 nitrogen and oxygen atoms in total. The lowest BCUT2D eigenvalue weighted by atomic mass is 9.86. The van der Waals surface area contributed by atoms with Gasteiger partial charge in [-0.2, -0.15) is 0 Å². The summed E-state index contributed by atoms with van der Waals surface area (Å²) in [5.41, 5.74) is -1.82. The van der Waals surface area contributed by atoms with E-state index in [0.29, 0.717) is 34.1 Å². The lowest BCUT2D eigenvalue weighted by Crippen LogP contribution is -2.51. The monoisotopic (exact) mass is 492 g/mol. The van der Waals surface area contributed by atoms with Crippen molar-refractivity contribution in [2.75, 3.05) is 39.9 Å². The minimum absolute atomic E-state index is 0.0103. The van der Waals surface area contributed by atoms with Gasteiger partial charge in [0, 0.05) is 17.0 Å². The molecular formula is C27H28N2O7. The molecule has 36 heavy (non-hydrogen) atoms. The lowest BCUT2D eigenvalue weighted by molar-refractivity contribution is -0.187. The van der Waals surface area contributed by atoms with Gasteiger partial charge >= 0.3 is 5.97 Å². The van der Waals surface area contributed by atoms with Crippen molar-refractivity contribution < 1.29 is 33.3 Å². The molecule has 0 N–H and O–H groups in total. The number of hydrogen-bond donors (Lipinski definition) is 0. The Morgan fingerprint density at radius 2 is 1.75 bits per heavy atom. The quantitative estimate of drug-likeness (QED) is 0.433. The average molecular weight is 493 g/mol. The number of carbonyl (C=O) groups excluding carboxylic acids is 2. The Hall–Kier alpha value is -4.03. The molecule has 0 radical (unpaired) electrons. The van der Waals surface area contributed by atoms with E-state index in [0.717, 1.165) is 0 Å². The first-order chi connectivity index (χ1) is 17.2. The van der Waals surface area contributed by atoms with Gasteiger partial charge in [0.15, 0.2) is 11.5 Å². The molecule has 0 unspecified atom stereocenters. The van der Waals surface area contributed by atoms with Crippen LogP contribution in [0.15, 0.2) is 41.4 Å². The molecule has 9 heteroatoms. The molecule has 2 aliphatic rings. The summed E-state index contributed by atoms with van der Waals surface area (Å²) in [5.74, 6) is 1.94. The van der Waals surface area contributed by atoms with E-state index >= 15 is 0 Å². The Morgan fingerprint density at radius 3 is 2.28 bits per heavy atom. The molecule has 2 aromatic rings. The third kappa shape index (κ3) is 3.33. The van der Waals surface area contributed by atoms with Gasteiger partial charge in [0.05, 0.1) is 46.4 Å². The van der Waals surface area contributed by atoms with Gasteiger partial charge in [0.2, 0.25) is 11.4 Å². The third-order valence-electron chi connectivity index (χ3n) is 6.49. The van der Waals surface area contributed by atoms with Crippen molar-refractivity contribution in [3.8, 4) is 29.6 Å². The number of amides is 1. The predicted molar refractivity (Wildman–Crippen MR) is 133 cm³/mol. The number of benzene rings is 2. The Morgan fingerprint density at radius 1 is 1.11 bits per heavy atom. The maximum absolute atomic E-state index is 14.2. The zero-order valence-electron chi connectivity index (χ0n) is 21.1. The molecule has 0 bridgehead atoms. The summed E-state index contributed by atoms with van der Waals surface area (Å²) in [6.07, 6.45) is 5.60. The highest BCUT2D eigenvalue weighted by Crippen LogP contribution is 2.53. The first-order valence-corrected chi connectivity index (χ1v) is 11.3. The molecule has 2 aliphatic heterocycles. The van der Waals surface area contributed by atoms with Crippen molar-refractivity contribution >= 4 is 23.3 Å². The second kappa shape index (κ2) is 9.21. The summed E-state index contributed by atoms with van der Waals surface area (Å²) in [7, 11) is 5.72. The van der Waals surface area contributed by atoms with Gasteiger partial charge in [-0.25, -0.2) is 9.79 Å². The number of para-hydroxylation sites is 1. The van der Waals surface area contributed by atoms with E-state index in [2.05, 4.69) is 5.92 Å². The summed E-state index contributed by atoms with van der Waals surface area (Å²) >= 11 is 0. The zero-order chi connectivity index (χ0) is 26.3. The number of carbonyl (C=O) groups is 2. The number of hydrogen-bond acceptors (Lipinski definition) is 8. The Kier molecular flexibility index (Phi) is 6.41. The van der Waals surface area contributed by atoms with Crippen molar-refractivity contribution in [1.82, 2.24) is 0 Å². The third-order valence-corrected chi connectivity index (χ3v) is 6.49. The van der Waals surface area contributed by atoms with Crippen molar-refractivity contribution in [2.24, 2.45) is 10.9 Å². The van der Waals surface area contributed by atoms with E-state index in [4.69, 9.17) is 35.1 Å². The van der Waals surface area contributed by atoms with E-state index in [1.165, 1.54) is 33.3 Å². The Bertz CT molecular complexity index is 1270. The van der Waals surface area contributed by atoms with Crippen LogP contribution in [0.2, 0.25) is 0 Å². The van der Waals surface area contributed by atoms with Crippen LogP contribution in [0.4, 0.5) is 5.69 Å². The first-order valence-electron chi connectivity index (χ1n) is 11.3. The van der Waals surface area contributed by atoms with Crippen LogP contribution in [0.25, 0.3) is 0 Å². The minimum atomic E-state index is -1.79. The van der Waals surface area contributed by atoms with Crippen LogP contribution in [-0.4, -0.2) is 58.3 Å². The molecule has 188 valence electrons. The smallest absolute Gasteiger partial charge is 0.361 e. The van der Waals surface area contributed by atoms with Crippen molar-refractivity contribution in [3.05, 3.63) is 47.5 Å². The summed E-state index contributed by atoms with van der Waals surface area (Å²) in [5, 5.41) is 0. The molecule has 0 saturated carbocycles. The largest absolute Gasteiger partial charge is 0.493 e. The molecule has 0 saturated heterocycles. The van der Waals surface area contributed by atoms with Gasteiger partial charge in [0.1, 0.15) is 0 Å². The van der Waals surface area contributed by atoms with E-state index < -0.39 is 29.1 Å². The maximum atomic E-state index is 14.2. The van der Waals surface area contributed by atoms with Crippen LogP contribution in [-0.2, 0) is 24.7 Å². The van der Waals surface area contributed by atoms with Gasteiger partial charge in [-0.05, 0) is 18.2 Å². The highest BCUT2D eigenvalue weighted by atomic mass is 16.6. The molecule has 2 atom stereocenters. The highest BCUT2D eigenvalue weighted by molar-refractivity contribution is 6.28. The number of anilines is 1. The molecule has 2 heterocycles. The SMILES string of the molecule is C#CCN1C(=O)[C@]2(O[C@](C(=O)OC)(C(C)C)N=C2c2cc(OC)c(OC)c(OC)c2)c2ccccc21. The van der Waals surface area contributed by atoms with Crippen LogP contribution < -0.4 is 19.1 Å². The molecule has 4 rings (SSSR count). The second-order valence-corrected chi connectivity index (χ2v) is 8.61. The fourth-order valence-electron chi connectivity index (χ4n) is 4.75. The molecule has 1 amide bonds. The van der Waals surface area contributed by atoms with Gasteiger partial charge in [-0.15, -0.1) is 6.42 Å². The molecule has 0 aliphatic carbocycles. The number of terminal acetylenes is 1. The normalized spacial score (nSPS) is 22.3. The van der Waals surface area contributed by atoms with Crippen molar-refractivity contribution in [2.45, 2.75) is 25.2 Å². The van der Waals surface area contributed by atoms with Crippen molar-refractivity contribution in [3.63, 3.8) is 0 Å². The number of nitrogens with zero attached hydrogens (tertiary/aromatic N) is 2. The van der Waals surface area contributed by atoms with Crippen LogP contribution in [0.1, 0.15) is 25.0 Å². The zero-order valence-corrected chi connectivity index (χ0v) is 21.1. The van der Waals surface area contributed by atoms with Gasteiger partial charge in [-0.1, -0.05) is 38.0 Å². The van der Waals surface area contributed by atoms with Gasteiger partial charge in [0.25, 0.3) is 11.6 Å².